The zero-order valence-electron chi connectivity index (χ0n) is 20.1. The van der Waals surface area contributed by atoms with Gasteiger partial charge in [0.2, 0.25) is 0 Å². The van der Waals surface area contributed by atoms with Gasteiger partial charge < -0.3 is 10.0 Å². The molecule has 2 saturated carbocycles. The topological polar surface area (TPSA) is 84.1 Å². The highest BCUT2D eigenvalue weighted by molar-refractivity contribution is 5.72. The molecule has 2 fully saturated rings. The van der Waals surface area contributed by atoms with Crippen LogP contribution in [0.1, 0.15) is 39.0 Å². The van der Waals surface area contributed by atoms with Crippen LogP contribution < -0.4 is 10.5 Å². The molecular formula is C26H29F2N5O2. The summed E-state index contributed by atoms with van der Waals surface area (Å²) in [5.41, 5.74) is 0.863. The lowest BCUT2D eigenvalue weighted by atomic mass is 9.60. The smallest absolute Gasteiger partial charge is 0.253 e. The standard InChI is InChI=1S/C26H29F2N5O2/c1-26-8-4-5-16(12-26)24(28)19(13-26)32(2)22-14-29-25(31-30-22)18-7-6-15(9-20(18)34)17-10-21(27)33(3)23(35)11-17/h6-7,9-11,14,16,19,24,34H,4-5,8,12-13H2,1-3H3/t16-,19-,24+,26+/m1/s1. The van der Waals surface area contributed by atoms with Crippen LogP contribution in [-0.4, -0.2) is 44.1 Å². The van der Waals surface area contributed by atoms with Crippen LogP contribution >= 0.6 is 0 Å². The second kappa shape index (κ2) is 8.70. The normalized spacial score (nSPS) is 25.9. The molecule has 184 valence electrons. The maximum absolute atomic E-state index is 15.3. The SMILES string of the molecule is CN(c1cnc(-c2ccc(-c3cc(F)n(C)c(=O)c3)cc2O)nn1)[C@@H]1C[C@@]2(C)CCC[C@H](C2)[C@@H]1F. The Hall–Kier alpha value is -3.36. The van der Waals surface area contributed by atoms with Gasteiger partial charge in [-0.3, -0.25) is 9.36 Å². The van der Waals surface area contributed by atoms with Crippen molar-refractivity contribution >= 4 is 5.82 Å². The molecular weight excluding hydrogens is 452 g/mol. The van der Waals surface area contributed by atoms with Crippen molar-refractivity contribution in [3.8, 4) is 28.3 Å². The van der Waals surface area contributed by atoms with Crippen molar-refractivity contribution in [1.29, 1.82) is 0 Å². The molecule has 4 atom stereocenters. The fraction of sp³-hybridized carbons (Fsp3) is 0.462. The molecule has 1 N–H and O–H groups in total. The number of alkyl halides is 1. The Bertz CT molecular complexity index is 1310. The van der Waals surface area contributed by atoms with Gasteiger partial charge in [-0.2, -0.15) is 4.39 Å². The number of aromatic hydroxyl groups is 1. The molecule has 1 aromatic carbocycles. The minimum absolute atomic E-state index is 0.0869. The number of halogens is 2. The summed E-state index contributed by atoms with van der Waals surface area (Å²) in [4.78, 5) is 18.1. The van der Waals surface area contributed by atoms with Crippen molar-refractivity contribution in [2.45, 2.75) is 51.2 Å². The molecule has 35 heavy (non-hydrogen) atoms. The number of anilines is 1. The first-order valence-electron chi connectivity index (χ1n) is 11.9. The first-order chi connectivity index (χ1) is 16.6. The fourth-order valence-corrected chi connectivity index (χ4v) is 5.76. The van der Waals surface area contributed by atoms with E-state index in [0.717, 1.165) is 36.7 Å². The monoisotopic (exact) mass is 481 g/mol. The number of fused-ring (bicyclic) bond motifs is 2. The number of hydrogen-bond acceptors (Lipinski definition) is 6. The van der Waals surface area contributed by atoms with Crippen LogP contribution in [0.5, 0.6) is 5.75 Å². The predicted octanol–water partition coefficient (Wildman–Crippen LogP) is 4.49. The van der Waals surface area contributed by atoms with E-state index < -0.39 is 17.7 Å². The maximum Gasteiger partial charge on any atom is 0.253 e. The Labute approximate surface area is 202 Å². The molecule has 2 aliphatic carbocycles. The number of phenolic OH excluding ortho intramolecular Hbond substituents is 1. The van der Waals surface area contributed by atoms with Crippen LogP contribution in [0, 0.1) is 17.3 Å². The summed E-state index contributed by atoms with van der Waals surface area (Å²) in [6.45, 7) is 2.26. The van der Waals surface area contributed by atoms with Crippen molar-refractivity contribution in [1.82, 2.24) is 19.7 Å². The van der Waals surface area contributed by atoms with Crippen molar-refractivity contribution in [3.63, 3.8) is 0 Å². The summed E-state index contributed by atoms with van der Waals surface area (Å²) >= 11 is 0. The number of benzene rings is 1. The van der Waals surface area contributed by atoms with Gasteiger partial charge in [0.15, 0.2) is 17.6 Å². The predicted molar refractivity (Wildman–Crippen MR) is 129 cm³/mol. The zero-order chi connectivity index (χ0) is 24.9. The van der Waals surface area contributed by atoms with E-state index >= 15 is 4.39 Å². The van der Waals surface area contributed by atoms with E-state index in [1.165, 1.54) is 25.2 Å². The summed E-state index contributed by atoms with van der Waals surface area (Å²) in [7, 11) is 3.18. The van der Waals surface area contributed by atoms with Gasteiger partial charge in [-0.25, -0.2) is 9.37 Å². The van der Waals surface area contributed by atoms with E-state index in [1.807, 2.05) is 11.9 Å². The molecule has 9 heteroatoms. The van der Waals surface area contributed by atoms with Gasteiger partial charge in [0.1, 0.15) is 11.9 Å². The molecule has 0 saturated heterocycles. The highest BCUT2D eigenvalue weighted by Crippen LogP contribution is 2.50. The summed E-state index contributed by atoms with van der Waals surface area (Å²) in [5.74, 6) is -0.0102. The lowest BCUT2D eigenvalue weighted by Gasteiger charge is -2.50. The molecule has 7 nitrogen and oxygen atoms in total. The summed E-state index contributed by atoms with van der Waals surface area (Å²) in [6, 6.07) is 6.95. The Kier molecular flexibility index (Phi) is 5.81. The fourth-order valence-electron chi connectivity index (χ4n) is 5.76. The minimum Gasteiger partial charge on any atom is -0.507 e. The van der Waals surface area contributed by atoms with Crippen LogP contribution in [0.4, 0.5) is 14.6 Å². The Morgan fingerprint density at radius 2 is 1.97 bits per heavy atom. The molecule has 0 unspecified atom stereocenters. The first-order valence-corrected chi connectivity index (χ1v) is 11.9. The van der Waals surface area contributed by atoms with Gasteiger partial charge in [-0.1, -0.05) is 19.4 Å². The lowest BCUT2D eigenvalue weighted by Crippen LogP contribution is -2.52. The van der Waals surface area contributed by atoms with E-state index in [2.05, 4.69) is 22.1 Å². The van der Waals surface area contributed by atoms with Gasteiger partial charge in [-0.15, -0.1) is 10.2 Å². The number of aromatic nitrogens is 4. The number of nitrogens with zero attached hydrogens (tertiary/aromatic N) is 5. The molecule has 3 aromatic rings. The third-order valence-corrected chi connectivity index (χ3v) is 7.81. The Morgan fingerprint density at radius 3 is 2.66 bits per heavy atom. The molecule has 2 heterocycles. The number of phenols is 1. The van der Waals surface area contributed by atoms with Gasteiger partial charge in [0, 0.05) is 20.2 Å². The summed E-state index contributed by atoms with van der Waals surface area (Å²) in [6.07, 6.45) is 5.51. The zero-order valence-corrected chi connectivity index (χ0v) is 20.1. The molecule has 0 amide bonds. The lowest BCUT2D eigenvalue weighted by molar-refractivity contribution is 0.0113. The van der Waals surface area contributed by atoms with Crippen molar-refractivity contribution in [2.24, 2.45) is 18.4 Å². The third-order valence-electron chi connectivity index (χ3n) is 7.81. The van der Waals surface area contributed by atoms with Gasteiger partial charge >= 0.3 is 0 Å². The van der Waals surface area contributed by atoms with E-state index in [4.69, 9.17) is 0 Å². The number of rotatable bonds is 4. The molecule has 2 bridgehead atoms. The van der Waals surface area contributed by atoms with Crippen LogP contribution in [0.2, 0.25) is 0 Å². The molecule has 5 rings (SSSR count). The molecule has 0 aliphatic heterocycles. The third kappa shape index (κ3) is 4.28. The molecule has 0 radical (unpaired) electrons. The maximum atomic E-state index is 15.3. The quantitative estimate of drug-likeness (QED) is 0.553. The van der Waals surface area contributed by atoms with Crippen molar-refractivity contribution < 1.29 is 13.9 Å². The molecule has 2 aromatic heterocycles. The molecule has 2 aliphatic rings. The Balaban J connectivity index is 1.37. The van der Waals surface area contributed by atoms with Crippen LogP contribution in [0.25, 0.3) is 22.5 Å². The molecule has 0 spiro atoms. The average Bonchev–Trinajstić information content (AvgIpc) is 2.84. The second-order valence-electron chi connectivity index (χ2n) is 10.3. The average molecular weight is 482 g/mol. The van der Waals surface area contributed by atoms with Crippen LogP contribution in [-0.2, 0) is 7.05 Å². The van der Waals surface area contributed by atoms with Gasteiger partial charge in [0.05, 0.1) is 17.8 Å². The van der Waals surface area contributed by atoms with Crippen molar-refractivity contribution in [2.75, 3.05) is 11.9 Å². The highest BCUT2D eigenvalue weighted by Gasteiger charge is 2.47. The van der Waals surface area contributed by atoms with Gasteiger partial charge in [0.25, 0.3) is 5.56 Å². The van der Waals surface area contributed by atoms with E-state index in [-0.39, 0.29) is 28.9 Å². The highest BCUT2D eigenvalue weighted by atomic mass is 19.1. The van der Waals surface area contributed by atoms with E-state index in [1.54, 1.807) is 18.3 Å². The summed E-state index contributed by atoms with van der Waals surface area (Å²) in [5, 5.41) is 19.1. The van der Waals surface area contributed by atoms with Crippen molar-refractivity contribution in [3.05, 3.63) is 52.8 Å². The minimum atomic E-state index is -0.911. The van der Waals surface area contributed by atoms with E-state index in [9.17, 15) is 14.3 Å². The van der Waals surface area contributed by atoms with Crippen LogP contribution in [0.15, 0.2) is 41.3 Å². The van der Waals surface area contributed by atoms with E-state index in [0.29, 0.717) is 22.5 Å². The Morgan fingerprint density at radius 1 is 1.17 bits per heavy atom. The summed E-state index contributed by atoms with van der Waals surface area (Å²) < 4.78 is 30.2. The first kappa shape index (κ1) is 23.4. The number of pyridine rings is 1. The van der Waals surface area contributed by atoms with Crippen LogP contribution in [0.3, 0.4) is 0 Å². The van der Waals surface area contributed by atoms with Gasteiger partial charge in [-0.05, 0) is 66.3 Å². The second-order valence-corrected chi connectivity index (χ2v) is 10.3. The largest absolute Gasteiger partial charge is 0.507 e. The number of hydrogen-bond donors (Lipinski definition) is 1.